The maximum absolute atomic E-state index is 9.24. The van der Waals surface area contributed by atoms with Gasteiger partial charge in [0.25, 0.3) is 0 Å². The van der Waals surface area contributed by atoms with Crippen molar-refractivity contribution in [3.8, 4) is 17.5 Å². The highest BCUT2D eigenvalue weighted by Crippen LogP contribution is 2.30. The van der Waals surface area contributed by atoms with Crippen molar-refractivity contribution in [1.82, 2.24) is 24.4 Å². The van der Waals surface area contributed by atoms with E-state index >= 15 is 0 Å². The van der Waals surface area contributed by atoms with Gasteiger partial charge in [-0.3, -0.25) is 0 Å². The van der Waals surface area contributed by atoms with Crippen molar-refractivity contribution in [2.24, 2.45) is 0 Å². The lowest BCUT2D eigenvalue weighted by Gasteiger charge is -2.11. The Morgan fingerprint density at radius 2 is 2.04 bits per heavy atom. The van der Waals surface area contributed by atoms with Crippen LogP contribution in [0.25, 0.3) is 11.3 Å². The molecule has 0 amide bonds. The highest BCUT2D eigenvalue weighted by Gasteiger charge is 2.25. The molecule has 3 heterocycles. The average Bonchev–Trinajstić information content (AvgIpc) is 3.34. The Kier molecular flexibility index (Phi) is 4.48. The molecule has 7 nitrogen and oxygen atoms in total. The summed E-state index contributed by atoms with van der Waals surface area (Å²) in [5.74, 6) is 0.619. The first-order chi connectivity index (χ1) is 12.8. The molecule has 7 heteroatoms. The van der Waals surface area contributed by atoms with Crippen LogP contribution in [-0.4, -0.2) is 31.0 Å². The number of hydrogen-bond donors (Lipinski definition) is 1. The number of nitriles is 1. The first-order valence-corrected chi connectivity index (χ1v) is 8.63. The van der Waals surface area contributed by atoms with E-state index in [0.717, 1.165) is 42.0 Å². The van der Waals surface area contributed by atoms with Gasteiger partial charge in [0, 0.05) is 36.6 Å². The summed E-state index contributed by atoms with van der Waals surface area (Å²) in [4.78, 5) is 15.1. The van der Waals surface area contributed by atoms with Gasteiger partial charge in [-0.2, -0.15) is 5.26 Å². The van der Waals surface area contributed by atoms with E-state index in [0.29, 0.717) is 19.0 Å². The van der Waals surface area contributed by atoms with Gasteiger partial charge in [0.2, 0.25) is 5.95 Å². The molecule has 0 fully saturated rings. The molecule has 0 aliphatic carbocycles. The van der Waals surface area contributed by atoms with Gasteiger partial charge in [0.15, 0.2) is 6.19 Å². The molecule has 1 N–H and O–H groups in total. The van der Waals surface area contributed by atoms with Gasteiger partial charge in [-0.25, -0.2) is 15.0 Å². The van der Waals surface area contributed by atoms with Crippen molar-refractivity contribution < 1.29 is 0 Å². The summed E-state index contributed by atoms with van der Waals surface area (Å²) in [5, 5.41) is 12.6. The molecule has 0 spiro atoms. The molecule has 0 saturated carbocycles. The molecule has 2 aromatic heterocycles. The van der Waals surface area contributed by atoms with E-state index in [-0.39, 0.29) is 0 Å². The first kappa shape index (κ1) is 16.1. The van der Waals surface area contributed by atoms with E-state index in [4.69, 9.17) is 4.98 Å². The van der Waals surface area contributed by atoms with Gasteiger partial charge < -0.3 is 14.8 Å². The third-order valence-corrected chi connectivity index (χ3v) is 4.41. The van der Waals surface area contributed by atoms with Gasteiger partial charge in [0.1, 0.15) is 0 Å². The smallest absolute Gasteiger partial charge is 0.223 e. The van der Waals surface area contributed by atoms with Gasteiger partial charge in [0.05, 0.1) is 30.8 Å². The molecule has 0 atom stereocenters. The number of nitrogens with one attached hydrogen (secondary N) is 1. The number of rotatable bonds is 6. The summed E-state index contributed by atoms with van der Waals surface area (Å²) in [6, 6.07) is 10.1. The van der Waals surface area contributed by atoms with Crippen LogP contribution in [0.1, 0.15) is 17.7 Å². The second kappa shape index (κ2) is 7.23. The molecule has 3 aromatic rings. The number of imidazole rings is 1. The molecule has 1 aliphatic heterocycles. The predicted octanol–water partition coefficient (Wildman–Crippen LogP) is 2.64. The minimum absolute atomic E-state index is 0.540. The van der Waals surface area contributed by atoms with Crippen LogP contribution in [0.2, 0.25) is 0 Å². The highest BCUT2D eigenvalue weighted by atomic mass is 15.2. The largest absolute Gasteiger partial charge is 0.354 e. The van der Waals surface area contributed by atoms with E-state index in [9.17, 15) is 5.26 Å². The van der Waals surface area contributed by atoms with E-state index in [2.05, 4.69) is 21.5 Å². The standard InChI is InChI=1S/C19H19N7/c20-13-26-11-16-17(12-26)23-19(22-7-4-9-25-10-8-21-14-25)24-18(16)15-5-2-1-3-6-15/h1-3,5-6,8,10,14H,4,7,9,11-12H2,(H,22,23,24). The number of hydrogen-bond acceptors (Lipinski definition) is 6. The minimum Gasteiger partial charge on any atom is -0.354 e. The van der Waals surface area contributed by atoms with E-state index in [1.807, 2.05) is 47.4 Å². The predicted molar refractivity (Wildman–Crippen MR) is 97.7 cm³/mol. The third kappa shape index (κ3) is 3.35. The maximum atomic E-state index is 9.24. The van der Waals surface area contributed by atoms with E-state index in [1.54, 1.807) is 11.1 Å². The molecule has 0 unspecified atom stereocenters. The van der Waals surface area contributed by atoms with Crippen LogP contribution in [0, 0.1) is 11.5 Å². The van der Waals surface area contributed by atoms with E-state index in [1.165, 1.54) is 0 Å². The molecule has 26 heavy (non-hydrogen) atoms. The fraction of sp³-hybridized carbons (Fsp3) is 0.263. The van der Waals surface area contributed by atoms with Crippen molar-refractivity contribution >= 4 is 5.95 Å². The third-order valence-electron chi connectivity index (χ3n) is 4.41. The van der Waals surface area contributed by atoms with Gasteiger partial charge in [-0.15, -0.1) is 0 Å². The van der Waals surface area contributed by atoms with Gasteiger partial charge in [-0.1, -0.05) is 30.3 Å². The van der Waals surface area contributed by atoms with Gasteiger partial charge in [-0.05, 0) is 6.42 Å². The van der Waals surface area contributed by atoms with Gasteiger partial charge >= 0.3 is 0 Å². The number of aromatic nitrogens is 4. The summed E-state index contributed by atoms with van der Waals surface area (Å²) in [7, 11) is 0. The molecule has 0 radical (unpaired) electrons. The van der Waals surface area contributed by atoms with Crippen molar-refractivity contribution in [3.63, 3.8) is 0 Å². The van der Waals surface area contributed by atoms with Crippen molar-refractivity contribution in [2.75, 3.05) is 11.9 Å². The van der Waals surface area contributed by atoms with Crippen LogP contribution in [0.5, 0.6) is 0 Å². The molecule has 1 aromatic carbocycles. The Hall–Kier alpha value is -3.40. The lowest BCUT2D eigenvalue weighted by molar-refractivity contribution is 0.415. The maximum Gasteiger partial charge on any atom is 0.223 e. The van der Waals surface area contributed by atoms with Crippen LogP contribution in [0.15, 0.2) is 49.1 Å². The normalized spacial score (nSPS) is 12.7. The summed E-state index contributed by atoms with van der Waals surface area (Å²) in [5.41, 5.74) is 3.93. The van der Waals surface area contributed by atoms with Crippen LogP contribution in [0.3, 0.4) is 0 Å². The topological polar surface area (TPSA) is 82.7 Å². The first-order valence-electron chi connectivity index (χ1n) is 8.63. The summed E-state index contributed by atoms with van der Waals surface area (Å²) < 4.78 is 2.05. The molecular formula is C19H19N7. The molecule has 4 rings (SSSR count). The molecule has 130 valence electrons. The molecule has 0 bridgehead atoms. The van der Waals surface area contributed by atoms with Crippen LogP contribution in [-0.2, 0) is 19.6 Å². The molecule has 1 aliphatic rings. The monoisotopic (exact) mass is 345 g/mol. The molecular weight excluding hydrogens is 326 g/mol. The van der Waals surface area contributed by atoms with Crippen molar-refractivity contribution in [3.05, 3.63) is 60.3 Å². The van der Waals surface area contributed by atoms with Crippen molar-refractivity contribution in [2.45, 2.75) is 26.1 Å². The Bertz CT molecular complexity index is 913. The summed E-state index contributed by atoms with van der Waals surface area (Å²) in [6.07, 6.45) is 8.71. The second-order valence-electron chi connectivity index (χ2n) is 6.22. The van der Waals surface area contributed by atoms with Crippen LogP contribution >= 0.6 is 0 Å². The zero-order chi connectivity index (χ0) is 17.8. The Morgan fingerprint density at radius 1 is 1.15 bits per heavy atom. The lowest BCUT2D eigenvalue weighted by Crippen LogP contribution is -2.10. The average molecular weight is 345 g/mol. The second-order valence-corrected chi connectivity index (χ2v) is 6.22. The van der Waals surface area contributed by atoms with E-state index < -0.39 is 0 Å². The fourth-order valence-corrected chi connectivity index (χ4v) is 3.12. The lowest BCUT2D eigenvalue weighted by atomic mass is 10.1. The number of anilines is 1. The number of benzene rings is 1. The summed E-state index contributed by atoms with van der Waals surface area (Å²) in [6.45, 7) is 2.77. The van der Waals surface area contributed by atoms with Crippen LogP contribution in [0.4, 0.5) is 5.95 Å². The zero-order valence-electron chi connectivity index (χ0n) is 14.3. The Balaban J connectivity index is 1.53. The molecule has 0 saturated heterocycles. The number of fused-ring (bicyclic) bond motifs is 1. The Morgan fingerprint density at radius 3 is 2.81 bits per heavy atom. The minimum atomic E-state index is 0.540. The SMILES string of the molecule is N#CN1Cc2nc(NCCCn3ccnc3)nc(-c3ccccc3)c2C1. The zero-order valence-corrected chi connectivity index (χ0v) is 14.3. The quantitative estimate of drug-likeness (QED) is 0.546. The highest BCUT2D eigenvalue weighted by molar-refractivity contribution is 5.66. The fourth-order valence-electron chi connectivity index (χ4n) is 3.12. The Labute approximate surface area is 152 Å². The number of nitrogens with zero attached hydrogens (tertiary/aromatic N) is 6. The van der Waals surface area contributed by atoms with Crippen LogP contribution < -0.4 is 5.32 Å². The van der Waals surface area contributed by atoms with Crippen molar-refractivity contribution in [1.29, 1.82) is 5.26 Å². The summed E-state index contributed by atoms with van der Waals surface area (Å²) >= 11 is 0. The number of aryl methyl sites for hydroxylation is 1.